The molecule has 0 aliphatic carbocycles. The van der Waals surface area contributed by atoms with Crippen molar-refractivity contribution >= 4 is 17.7 Å². The molecule has 0 unspecified atom stereocenters. The van der Waals surface area contributed by atoms with E-state index in [2.05, 4.69) is 15.3 Å². The number of thioether (sulfide) groups is 1. The number of aromatic nitrogens is 5. The number of carbonyl (C=O) groups excluding carboxylic acids is 1. The number of amides is 1. The third-order valence-corrected chi connectivity index (χ3v) is 3.95. The van der Waals surface area contributed by atoms with Gasteiger partial charge >= 0.3 is 0 Å². The topological polar surface area (TPSA) is 104 Å². The van der Waals surface area contributed by atoms with Crippen LogP contribution in [0.2, 0.25) is 0 Å². The first-order valence-corrected chi connectivity index (χ1v) is 7.24. The van der Waals surface area contributed by atoms with Gasteiger partial charge in [-0.15, -0.1) is 10.2 Å². The molecule has 0 radical (unpaired) electrons. The number of nitrogens with two attached hydrogens (primary N) is 1. The van der Waals surface area contributed by atoms with Crippen molar-refractivity contribution in [1.29, 1.82) is 0 Å². The first-order chi connectivity index (χ1) is 10.4. The number of nitrogens with one attached hydrogen (secondary N) is 1. The number of rotatable bonds is 6. The zero-order valence-corrected chi connectivity index (χ0v) is 12.8. The van der Waals surface area contributed by atoms with Crippen LogP contribution >= 0.6 is 11.8 Å². The quantitative estimate of drug-likeness (QED) is 0.343. The van der Waals surface area contributed by atoms with Crippen molar-refractivity contribution < 1.29 is 13.6 Å². The van der Waals surface area contributed by atoms with E-state index in [9.17, 15) is 13.6 Å². The molecule has 0 atom stereocenters. The standard InChI is InChI=1S/C11H15F2N7OS/c1-6-3-7(10(12)13)18-20(6)4-8-16-17-11(19(8)2)22-5-9(21)15-14/h3,10H,4-5,14H2,1-2H3,(H,15,21). The maximum atomic E-state index is 12.6. The van der Waals surface area contributed by atoms with Gasteiger partial charge in [0.15, 0.2) is 11.0 Å². The summed E-state index contributed by atoms with van der Waals surface area (Å²) in [6.45, 7) is 1.90. The lowest BCUT2D eigenvalue weighted by molar-refractivity contribution is -0.118. The molecular formula is C11H15F2N7OS. The highest BCUT2D eigenvalue weighted by molar-refractivity contribution is 7.99. The molecule has 1 amide bonds. The Balaban J connectivity index is 2.11. The van der Waals surface area contributed by atoms with Crippen molar-refractivity contribution in [2.45, 2.75) is 25.1 Å². The predicted octanol–water partition coefficient (Wildman–Crippen LogP) is 0.388. The minimum Gasteiger partial charge on any atom is -0.308 e. The average Bonchev–Trinajstić information content (AvgIpc) is 3.02. The van der Waals surface area contributed by atoms with Crippen LogP contribution in [0.25, 0.3) is 0 Å². The van der Waals surface area contributed by atoms with Gasteiger partial charge in [-0.1, -0.05) is 11.8 Å². The van der Waals surface area contributed by atoms with E-state index in [-0.39, 0.29) is 23.9 Å². The van der Waals surface area contributed by atoms with Gasteiger partial charge in [-0.2, -0.15) is 5.10 Å². The lowest BCUT2D eigenvalue weighted by atomic mass is 10.4. The summed E-state index contributed by atoms with van der Waals surface area (Å²) < 4.78 is 28.4. The van der Waals surface area contributed by atoms with Crippen molar-refractivity contribution in [2.24, 2.45) is 12.9 Å². The van der Waals surface area contributed by atoms with Gasteiger partial charge in [0.25, 0.3) is 6.43 Å². The van der Waals surface area contributed by atoms with Gasteiger partial charge in [-0.25, -0.2) is 14.6 Å². The van der Waals surface area contributed by atoms with Crippen molar-refractivity contribution in [3.8, 4) is 0 Å². The molecule has 0 saturated carbocycles. The van der Waals surface area contributed by atoms with Gasteiger partial charge in [-0.05, 0) is 13.0 Å². The van der Waals surface area contributed by atoms with Crippen LogP contribution < -0.4 is 11.3 Å². The molecule has 11 heteroatoms. The molecule has 0 aliphatic rings. The van der Waals surface area contributed by atoms with Gasteiger partial charge in [0.2, 0.25) is 5.91 Å². The molecule has 0 spiro atoms. The van der Waals surface area contributed by atoms with Crippen LogP contribution in [0.4, 0.5) is 8.78 Å². The number of hydrogen-bond acceptors (Lipinski definition) is 6. The predicted molar refractivity (Wildman–Crippen MR) is 75.1 cm³/mol. The third-order valence-electron chi connectivity index (χ3n) is 2.93. The Bertz CT molecular complexity index is 669. The SMILES string of the molecule is Cc1cc(C(F)F)nn1Cc1nnc(SCC(=O)NN)n1C. The van der Waals surface area contributed by atoms with E-state index in [1.165, 1.54) is 22.5 Å². The third kappa shape index (κ3) is 3.60. The Morgan fingerprint density at radius 2 is 2.23 bits per heavy atom. The van der Waals surface area contributed by atoms with Gasteiger partial charge in [0.1, 0.15) is 12.2 Å². The molecule has 2 heterocycles. The molecule has 0 aromatic carbocycles. The molecule has 0 aliphatic heterocycles. The van der Waals surface area contributed by atoms with E-state index < -0.39 is 6.43 Å². The summed E-state index contributed by atoms with van der Waals surface area (Å²) in [5.41, 5.74) is 2.36. The van der Waals surface area contributed by atoms with Crippen LogP contribution in [0.5, 0.6) is 0 Å². The number of alkyl halides is 2. The maximum absolute atomic E-state index is 12.6. The van der Waals surface area contributed by atoms with Gasteiger partial charge in [0.05, 0.1) is 5.75 Å². The number of hydrazine groups is 1. The number of hydrogen-bond donors (Lipinski definition) is 2. The summed E-state index contributed by atoms with van der Waals surface area (Å²) in [5.74, 6) is 5.32. The van der Waals surface area contributed by atoms with Gasteiger partial charge in [-0.3, -0.25) is 14.9 Å². The molecule has 2 rings (SSSR count). The highest BCUT2D eigenvalue weighted by Crippen LogP contribution is 2.19. The van der Waals surface area contributed by atoms with Gasteiger partial charge in [0, 0.05) is 12.7 Å². The van der Waals surface area contributed by atoms with Crippen molar-refractivity contribution in [1.82, 2.24) is 30.0 Å². The highest BCUT2D eigenvalue weighted by atomic mass is 32.2. The molecule has 2 aromatic heterocycles. The number of carbonyl (C=O) groups is 1. The van der Waals surface area contributed by atoms with Crippen molar-refractivity contribution in [3.05, 3.63) is 23.3 Å². The molecular weight excluding hydrogens is 316 g/mol. The second-order valence-corrected chi connectivity index (χ2v) is 5.43. The van der Waals surface area contributed by atoms with E-state index in [1.807, 2.05) is 5.43 Å². The van der Waals surface area contributed by atoms with E-state index in [1.54, 1.807) is 18.5 Å². The van der Waals surface area contributed by atoms with E-state index >= 15 is 0 Å². The molecule has 3 N–H and O–H groups in total. The average molecular weight is 331 g/mol. The fourth-order valence-electron chi connectivity index (χ4n) is 1.72. The second kappa shape index (κ2) is 6.83. The first kappa shape index (κ1) is 16.4. The van der Waals surface area contributed by atoms with Crippen LogP contribution in [0, 0.1) is 6.92 Å². The van der Waals surface area contributed by atoms with Crippen LogP contribution in [0.1, 0.15) is 23.6 Å². The monoisotopic (exact) mass is 331 g/mol. The Morgan fingerprint density at radius 3 is 2.82 bits per heavy atom. The Morgan fingerprint density at radius 1 is 1.50 bits per heavy atom. The number of aryl methyl sites for hydroxylation is 1. The summed E-state index contributed by atoms with van der Waals surface area (Å²) >= 11 is 1.17. The summed E-state index contributed by atoms with van der Waals surface area (Å²) in [6, 6.07) is 1.34. The zero-order chi connectivity index (χ0) is 16.3. The maximum Gasteiger partial charge on any atom is 0.282 e. The molecule has 0 saturated heterocycles. The molecule has 2 aromatic rings. The summed E-state index contributed by atoms with van der Waals surface area (Å²) in [6.07, 6.45) is -2.61. The zero-order valence-electron chi connectivity index (χ0n) is 12.0. The Kier molecular flexibility index (Phi) is 5.08. The summed E-state index contributed by atoms with van der Waals surface area (Å²) in [4.78, 5) is 11.1. The molecule has 120 valence electrons. The van der Waals surface area contributed by atoms with E-state index in [0.717, 1.165) is 0 Å². The fourth-order valence-corrected chi connectivity index (χ4v) is 2.46. The van der Waals surface area contributed by atoms with Crippen molar-refractivity contribution in [2.75, 3.05) is 5.75 Å². The number of nitrogens with zero attached hydrogens (tertiary/aromatic N) is 5. The highest BCUT2D eigenvalue weighted by Gasteiger charge is 2.16. The van der Waals surface area contributed by atoms with Crippen LogP contribution in [-0.2, 0) is 18.4 Å². The van der Waals surface area contributed by atoms with Gasteiger partial charge < -0.3 is 4.57 Å². The first-order valence-electron chi connectivity index (χ1n) is 6.25. The second-order valence-electron chi connectivity index (χ2n) is 4.48. The molecule has 22 heavy (non-hydrogen) atoms. The Hall–Kier alpha value is -2.01. The largest absolute Gasteiger partial charge is 0.308 e. The fraction of sp³-hybridized carbons (Fsp3) is 0.455. The minimum atomic E-state index is -2.61. The van der Waals surface area contributed by atoms with Crippen molar-refractivity contribution in [3.63, 3.8) is 0 Å². The molecule has 0 fully saturated rings. The normalized spacial score (nSPS) is 11.2. The smallest absolute Gasteiger partial charge is 0.282 e. The lowest BCUT2D eigenvalue weighted by Crippen LogP contribution is -2.31. The minimum absolute atomic E-state index is 0.110. The van der Waals surface area contributed by atoms with E-state index in [0.29, 0.717) is 16.7 Å². The van der Waals surface area contributed by atoms with Crippen LogP contribution in [-0.4, -0.2) is 36.2 Å². The Labute approximate surface area is 129 Å². The van der Waals surface area contributed by atoms with Crippen LogP contribution in [0.3, 0.4) is 0 Å². The summed E-state index contributed by atoms with van der Waals surface area (Å²) in [7, 11) is 1.73. The number of halogens is 2. The lowest BCUT2D eigenvalue weighted by Gasteiger charge is -2.05. The molecule has 0 bridgehead atoms. The summed E-state index contributed by atoms with van der Waals surface area (Å²) in [5, 5.41) is 12.3. The molecule has 8 nitrogen and oxygen atoms in total. The van der Waals surface area contributed by atoms with E-state index in [4.69, 9.17) is 5.84 Å². The van der Waals surface area contributed by atoms with Crippen LogP contribution in [0.15, 0.2) is 11.2 Å².